The van der Waals surface area contributed by atoms with Crippen LogP contribution >= 0.6 is 15.9 Å². The Balaban J connectivity index is 1.66. The molecule has 0 aromatic heterocycles. The number of carbonyl (C=O) groups excluding carboxylic acids is 1. The van der Waals surface area contributed by atoms with E-state index < -0.39 is 0 Å². The van der Waals surface area contributed by atoms with E-state index in [1.807, 2.05) is 29.2 Å². The van der Waals surface area contributed by atoms with Gasteiger partial charge in [-0.2, -0.15) is 0 Å². The van der Waals surface area contributed by atoms with Gasteiger partial charge in [0.05, 0.1) is 6.54 Å². The van der Waals surface area contributed by atoms with Crippen LogP contribution in [-0.2, 0) is 0 Å². The van der Waals surface area contributed by atoms with Gasteiger partial charge in [0, 0.05) is 17.6 Å². The van der Waals surface area contributed by atoms with E-state index in [2.05, 4.69) is 28.2 Å². The third kappa shape index (κ3) is 4.71. The standard InChI is InChI=1S/C15H21BrN2O2/c1-12-4-3-8-18(11-12)15(19)17-7-9-20-14-6-2-5-13(16)10-14/h2,5-6,10,12H,3-4,7-9,11H2,1H3,(H,17,19). The Hall–Kier alpha value is -1.23. The van der Waals surface area contributed by atoms with Gasteiger partial charge in [-0.05, 0) is 37.0 Å². The molecule has 0 bridgehead atoms. The number of benzene rings is 1. The molecule has 1 aromatic carbocycles. The molecule has 1 aliphatic heterocycles. The molecule has 1 saturated heterocycles. The summed E-state index contributed by atoms with van der Waals surface area (Å²) in [5.74, 6) is 1.41. The van der Waals surface area contributed by atoms with Gasteiger partial charge in [0.25, 0.3) is 0 Å². The molecule has 1 fully saturated rings. The topological polar surface area (TPSA) is 41.6 Å². The predicted molar refractivity (Wildman–Crippen MR) is 83.0 cm³/mol. The second kappa shape index (κ2) is 7.53. The first-order valence-corrected chi connectivity index (χ1v) is 7.85. The third-order valence-corrected chi connectivity index (χ3v) is 3.88. The number of carbonyl (C=O) groups is 1. The van der Waals surface area contributed by atoms with Crippen molar-refractivity contribution in [1.82, 2.24) is 10.2 Å². The largest absolute Gasteiger partial charge is 0.492 e. The van der Waals surface area contributed by atoms with Crippen LogP contribution in [0.25, 0.3) is 0 Å². The quantitative estimate of drug-likeness (QED) is 0.854. The Labute approximate surface area is 128 Å². The second-order valence-corrected chi connectivity index (χ2v) is 6.15. The number of nitrogens with zero attached hydrogens (tertiary/aromatic N) is 1. The summed E-state index contributed by atoms with van der Waals surface area (Å²) in [6, 6.07) is 7.71. The van der Waals surface area contributed by atoms with Crippen molar-refractivity contribution in [1.29, 1.82) is 0 Å². The lowest BCUT2D eigenvalue weighted by molar-refractivity contribution is 0.167. The van der Waals surface area contributed by atoms with Crippen LogP contribution in [-0.4, -0.2) is 37.2 Å². The van der Waals surface area contributed by atoms with E-state index in [1.165, 1.54) is 6.42 Å². The summed E-state index contributed by atoms with van der Waals surface area (Å²) in [6.45, 7) is 4.92. The van der Waals surface area contributed by atoms with Crippen LogP contribution in [0.15, 0.2) is 28.7 Å². The normalized spacial score (nSPS) is 18.7. The van der Waals surface area contributed by atoms with Crippen LogP contribution in [0.1, 0.15) is 19.8 Å². The van der Waals surface area contributed by atoms with Crippen molar-refractivity contribution in [2.45, 2.75) is 19.8 Å². The van der Waals surface area contributed by atoms with Crippen molar-refractivity contribution >= 4 is 22.0 Å². The van der Waals surface area contributed by atoms with Crippen LogP contribution in [0.2, 0.25) is 0 Å². The van der Waals surface area contributed by atoms with E-state index in [1.54, 1.807) is 0 Å². The number of likely N-dealkylation sites (tertiary alicyclic amines) is 1. The predicted octanol–water partition coefficient (Wildman–Crippen LogP) is 3.27. The lowest BCUT2D eigenvalue weighted by Crippen LogP contribution is -2.45. The van der Waals surface area contributed by atoms with E-state index in [0.717, 1.165) is 29.7 Å². The Morgan fingerprint density at radius 3 is 3.15 bits per heavy atom. The monoisotopic (exact) mass is 340 g/mol. The number of hydrogen-bond acceptors (Lipinski definition) is 2. The molecule has 1 atom stereocenters. The van der Waals surface area contributed by atoms with Crippen molar-refractivity contribution in [2.75, 3.05) is 26.2 Å². The fourth-order valence-corrected chi connectivity index (χ4v) is 2.75. The molecule has 0 saturated carbocycles. The van der Waals surface area contributed by atoms with Crippen molar-refractivity contribution < 1.29 is 9.53 Å². The van der Waals surface area contributed by atoms with Gasteiger partial charge >= 0.3 is 6.03 Å². The Morgan fingerprint density at radius 1 is 1.55 bits per heavy atom. The molecule has 0 aliphatic carbocycles. The highest BCUT2D eigenvalue weighted by atomic mass is 79.9. The molecule has 110 valence electrons. The van der Waals surface area contributed by atoms with Gasteiger partial charge in [-0.25, -0.2) is 4.79 Å². The molecule has 5 heteroatoms. The molecule has 1 heterocycles. The Kier molecular flexibility index (Phi) is 5.71. The molecular weight excluding hydrogens is 320 g/mol. The van der Waals surface area contributed by atoms with Crippen molar-refractivity contribution in [2.24, 2.45) is 5.92 Å². The molecule has 0 radical (unpaired) electrons. The number of amides is 2. The minimum Gasteiger partial charge on any atom is -0.492 e. The van der Waals surface area contributed by atoms with E-state index >= 15 is 0 Å². The highest BCUT2D eigenvalue weighted by molar-refractivity contribution is 9.10. The average molecular weight is 341 g/mol. The molecule has 4 nitrogen and oxygen atoms in total. The van der Waals surface area contributed by atoms with Gasteiger partial charge in [-0.1, -0.05) is 28.9 Å². The molecule has 1 aromatic rings. The minimum absolute atomic E-state index is 0.0226. The smallest absolute Gasteiger partial charge is 0.317 e. The summed E-state index contributed by atoms with van der Waals surface area (Å²) in [6.07, 6.45) is 2.32. The van der Waals surface area contributed by atoms with Crippen LogP contribution < -0.4 is 10.1 Å². The zero-order valence-electron chi connectivity index (χ0n) is 11.8. The van der Waals surface area contributed by atoms with Gasteiger partial charge in [0.1, 0.15) is 12.4 Å². The lowest BCUT2D eigenvalue weighted by Gasteiger charge is -2.30. The van der Waals surface area contributed by atoms with Crippen molar-refractivity contribution in [3.8, 4) is 5.75 Å². The molecule has 1 aliphatic rings. The number of halogens is 1. The first kappa shape index (κ1) is 15.2. The highest BCUT2D eigenvalue weighted by Crippen LogP contribution is 2.17. The summed E-state index contributed by atoms with van der Waals surface area (Å²) in [5.41, 5.74) is 0. The van der Waals surface area contributed by atoms with Gasteiger partial charge in [-0.15, -0.1) is 0 Å². The summed E-state index contributed by atoms with van der Waals surface area (Å²) >= 11 is 3.40. The number of ether oxygens (including phenoxy) is 1. The first-order chi connectivity index (χ1) is 9.65. The fourth-order valence-electron chi connectivity index (χ4n) is 2.37. The van der Waals surface area contributed by atoms with E-state index in [0.29, 0.717) is 19.1 Å². The number of urea groups is 1. The van der Waals surface area contributed by atoms with Gasteiger partial charge in [0.15, 0.2) is 0 Å². The highest BCUT2D eigenvalue weighted by Gasteiger charge is 2.20. The number of piperidine rings is 1. The maximum absolute atomic E-state index is 12.0. The number of nitrogens with one attached hydrogen (secondary N) is 1. The maximum atomic E-state index is 12.0. The summed E-state index contributed by atoms with van der Waals surface area (Å²) in [5, 5.41) is 2.91. The van der Waals surface area contributed by atoms with Crippen LogP contribution in [0.5, 0.6) is 5.75 Å². The van der Waals surface area contributed by atoms with Crippen molar-refractivity contribution in [3.05, 3.63) is 28.7 Å². The third-order valence-electron chi connectivity index (χ3n) is 3.39. The molecule has 0 spiro atoms. The van der Waals surface area contributed by atoms with Crippen LogP contribution in [0.3, 0.4) is 0 Å². The van der Waals surface area contributed by atoms with E-state index in [9.17, 15) is 4.79 Å². The average Bonchev–Trinajstić information content (AvgIpc) is 2.43. The molecule has 1 unspecified atom stereocenters. The second-order valence-electron chi connectivity index (χ2n) is 5.23. The van der Waals surface area contributed by atoms with Gasteiger partial charge in [0.2, 0.25) is 0 Å². The molecule has 2 amide bonds. The zero-order valence-corrected chi connectivity index (χ0v) is 13.4. The summed E-state index contributed by atoms with van der Waals surface area (Å²) in [4.78, 5) is 13.9. The van der Waals surface area contributed by atoms with Gasteiger partial charge < -0.3 is 15.0 Å². The SMILES string of the molecule is CC1CCCN(C(=O)NCCOc2cccc(Br)c2)C1. The summed E-state index contributed by atoms with van der Waals surface area (Å²) < 4.78 is 6.57. The Bertz CT molecular complexity index is 453. The van der Waals surface area contributed by atoms with Crippen molar-refractivity contribution in [3.63, 3.8) is 0 Å². The molecular formula is C15H21BrN2O2. The van der Waals surface area contributed by atoms with Crippen LogP contribution in [0, 0.1) is 5.92 Å². The minimum atomic E-state index is 0.0226. The molecule has 20 heavy (non-hydrogen) atoms. The van der Waals surface area contributed by atoms with Gasteiger partial charge in [-0.3, -0.25) is 0 Å². The van der Waals surface area contributed by atoms with E-state index in [-0.39, 0.29) is 6.03 Å². The zero-order chi connectivity index (χ0) is 14.4. The fraction of sp³-hybridized carbons (Fsp3) is 0.533. The summed E-state index contributed by atoms with van der Waals surface area (Å²) in [7, 11) is 0. The number of rotatable bonds is 4. The molecule has 1 N–H and O–H groups in total. The maximum Gasteiger partial charge on any atom is 0.317 e. The number of hydrogen-bond donors (Lipinski definition) is 1. The van der Waals surface area contributed by atoms with E-state index in [4.69, 9.17) is 4.74 Å². The molecule has 2 rings (SSSR count). The first-order valence-electron chi connectivity index (χ1n) is 7.06. The lowest BCUT2D eigenvalue weighted by atomic mass is 10.0. The van der Waals surface area contributed by atoms with Crippen LogP contribution in [0.4, 0.5) is 4.79 Å². The Morgan fingerprint density at radius 2 is 2.40 bits per heavy atom.